The van der Waals surface area contributed by atoms with E-state index in [1.54, 1.807) is 7.11 Å². The summed E-state index contributed by atoms with van der Waals surface area (Å²) < 4.78 is 10.7. The highest BCUT2D eigenvalue weighted by atomic mass is 35.5. The summed E-state index contributed by atoms with van der Waals surface area (Å²) in [4.78, 5) is 0. The first-order chi connectivity index (χ1) is 7.67. The molecule has 0 aliphatic heterocycles. The van der Waals surface area contributed by atoms with Gasteiger partial charge in [-0.25, -0.2) is 0 Å². The van der Waals surface area contributed by atoms with E-state index in [1.165, 1.54) is 0 Å². The molecular weight excluding hydrogens is 226 g/mol. The fraction of sp³-hybridized carbons (Fsp3) is 0.333. The Labute approximate surface area is 101 Å². The monoisotopic (exact) mass is 241 g/mol. The number of halogens is 1. The second kappa shape index (κ2) is 6.40. The number of hydrogen-bond acceptors (Lipinski definition) is 3. The maximum atomic E-state index is 5.66. The van der Waals surface area contributed by atoms with Crippen LogP contribution in [0.5, 0.6) is 11.5 Å². The van der Waals surface area contributed by atoms with Crippen LogP contribution in [0.4, 0.5) is 0 Å². The molecule has 0 amide bonds. The third-order valence-electron chi connectivity index (χ3n) is 2.03. The smallest absolute Gasteiger partial charge is 0.128 e. The van der Waals surface area contributed by atoms with Crippen LogP contribution in [0.25, 0.3) is 0 Å². The molecule has 0 fully saturated rings. The Balaban J connectivity index is 2.86. The highest BCUT2D eigenvalue weighted by Gasteiger charge is 2.05. The average molecular weight is 242 g/mol. The van der Waals surface area contributed by atoms with Crippen molar-refractivity contribution in [3.8, 4) is 11.5 Å². The largest absolute Gasteiger partial charge is 0.497 e. The summed E-state index contributed by atoms with van der Waals surface area (Å²) in [5.41, 5.74) is 1.06. The lowest BCUT2D eigenvalue weighted by molar-refractivity contribution is 0.349. The molecule has 0 spiro atoms. The minimum Gasteiger partial charge on any atom is -0.497 e. The molecule has 1 N–H and O–H groups in total. The SMILES string of the molecule is C=C(Cl)COc1cc(OC)ccc1CNC. The third kappa shape index (κ3) is 3.76. The molecule has 0 radical (unpaired) electrons. The number of ether oxygens (including phenoxy) is 2. The van der Waals surface area contributed by atoms with E-state index in [4.69, 9.17) is 21.1 Å². The van der Waals surface area contributed by atoms with Crippen molar-refractivity contribution in [1.29, 1.82) is 0 Å². The van der Waals surface area contributed by atoms with Gasteiger partial charge in [-0.15, -0.1) is 0 Å². The van der Waals surface area contributed by atoms with E-state index < -0.39 is 0 Å². The zero-order valence-electron chi connectivity index (χ0n) is 9.55. The van der Waals surface area contributed by atoms with Crippen molar-refractivity contribution in [3.63, 3.8) is 0 Å². The van der Waals surface area contributed by atoms with Crippen molar-refractivity contribution in [2.75, 3.05) is 20.8 Å². The van der Waals surface area contributed by atoms with Gasteiger partial charge >= 0.3 is 0 Å². The third-order valence-corrected chi connectivity index (χ3v) is 2.13. The van der Waals surface area contributed by atoms with Crippen LogP contribution in [0.3, 0.4) is 0 Å². The van der Waals surface area contributed by atoms with Crippen molar-refractivity contribution in [1.82, 2.24) is 5.32 Å². The molecule has 0 heterocycles. The normalized spacial score (nSPS) is 9.94. The maximum absolute atomic E-state index is 5.66. The molecule has 88 valence electrons. The average Bonchev–Trinajstić information content (AvgIpc) is 2.28. The summed E-state index contributed by atoms with van der Waals surface area (Å²) in [6.07, 6.45) is 0. The maximum Gasteiger partial charge on any atom is 0.128 e. The van der Waals surface area contributed by atoms with E-state index in [-0.39, 0.29) is 0 Å². The predicted octanol–water partition coefficient (Wildman–Crippen LogP) is 2.55. The van der Waals surface area contributed by atoms with Crippen LogP contribution in [0, 0.1) is 0 Å². The Morgan fingerprint density at radius 1 is 1.50 bits per heavy atom. The molecule has 3 nitrogen and oxygen atoms in total. The molecule has 0 bridgehead atoms. The first-order valence-corrected chi connectivity index (χ1v) is 5.32. The van der Waals surface area contributed by atoms with E-state index in [2.05, 4.69) is 11.9 Å². The molecule has 0 atom stereocenters. The van der Waals surface area contributed by atoms with Gasteiger partial charge in [-0.3, -0.25) is 0 Å². The van der Waals surface area contributed by atoms with Crippen LogP contribution in [0.15, 0.2) is 29.8 Å². The molecule has 1 aromatic rings. The van der Waals surface area contributed by atoms with Crippen molar-refractivity contribution < 1.29 is 9.47 Å². The zero-order valence-corrected chi connectivity index (χ0v) is 10.3. The summed E-state index contributed by atoms with van der Waals surface area (Å²) in [5.74, 6) is 1.52. The zero-order chi connectivity index (χ0) is 12.0. The quantitative estimate of drug-likeness (QED) is 0.830. The second-order valence-electron chi connectivity index (χ2n) is 3.31. The minimum absolute atomic E-state index is 0.297. The topological polar surface area (TPSA) is 30.5 Å². The predicted molar refractivity (Wildman–Crippen MR) is 66.2 cm³/mol. The van der Waals surface area contributed by atoms with Gasteiger partial charge in [-0.05, 0) is 13.1 Å². The lowest BCUT2D eigenvalue weighted by Crippen LogP contribution is -2.08. The molecule has 0 unspecified atom stereocenters. The van der Waals surface area contributed by atoms with Gasteiger partial charge in [-0.1, -0.05) is 24.2 Å². The second-order valence-corrected chi connectivity index (χ2v) is 3.84. The van der Waals surface area contributed by atoms with Crippen molar-refractivity contribution >= 4 is 11.6 Å². The number of hydrogen-bond donors (Lipinski definition) is 1. The number of benzene rings is 1. The summed E-state index contributed by atoms with van der Waals surface area (Å²) in [7, 11) is 3.51. The van der Waals surface area contributed by atoms with Gasteiger partial charge in [0.1, 0.15) is 18.1 Å². The van der Waals surface area contributed by atoms with E-state index >= 15 is 0 Å². The van der Waals surface area contributed by atoms with Gasteiger partial charge in [0.15, 0.2) is 0 Å². The number of methoxy groups -OCH3 is 1. The van der Waals surface area contributed by atoms with Crippen LogP contribution in [-0.4, -0.2) is 20.8 Å². The molecule has 1 rings (SSSR count). The lowest BCUT2D eigenvalue weighted by atomic mass is 10.2. The van der Waals surface area contributed by atoms with Gasteiger partial charge in [-0.2, -0.15) is 0 Å². The lowest BCUT2D eigenvalue weighted by Gasteiger charge is -2.12. The van der Waals surface area contributed by atoms with Crippen molar-refractivity contribution in [2.24, 2.45) is 0 Å². The Morgan fingerprint density at radius 3 is 2.81 bits per heavy atom. The molecule has 0 aliphatic carbocycles. The summed E-state index contributed by atoms with van der Waals surface area (Å²) >= 11 is 5.66. The van der Waals surface area contributed by atoms with Gasteiger partial charge in [0.25, 0.3) is 0 Å². The van der Waals surface area contributed by atoms with Crippen molar-refractivity contribution in [3.05, 3.63) is 35.4 Å². The molecule has 0 saturated heterocycles. The van der Waals surface area contributed by atoms with Crippen LogP contribution >= 0.6 is 11.6 Å². The van der Waals surface area contributed by atoms with E-state index in [9.17, 15) is 0 Å². The molecule has 1 aromatic carbocycles. The van der Waals surface area contributed by atoms with Gasteiger partial charge in [0, 0.05) is 23.2 Å². The molecule has 0 aliphatic rings. The summed E-state index contributed by atoms with van der Waals surface area (Å²) in [6.45, 7) is 4.61. The Morgan fingerprint density at radius 2 is 2.25 bits per heavy atom. The van der Waals surface area contributed by atoms with Gasteiger partial charge in [0.05, 0.1) is 7.11 Å². The first kappa shape index (κ1) is 12.9. The van der Waals surface area contributed by atoms with Gasteiger partial charge in [0.2, 0.25) is 0 Å². The highest BCUT2D eigenvalue weighted by molar-refractivity contribution is 6.29. The van der Waals surface area contributed by atoms with Crippen molar-refractivity contribution in [2.45, 2.75) is 6.54 Å². The Hall–Kier alpha value is -1.19. The van der Waals surface area contributed by atoms with Crippen LogP contribution in [0.1, 0.15) is 5.56 Å². The van der Waals surface area contributed by atoms with E-state index in [0.717, 1.165) is 23.6 Å². The first-order valence-electron chi connectivity index (χ1n) is 4.95. The summed E-state index contributed by atoms with van der Waals surface area (Å²) in [5, 5.41) is 3.54. The fourth-order valence-corrected chi connectivity index (χ4v) is 1.34. The summed E-state index contributed by atoms with van der Waals surface area (Å²) in [6, 6.07) is 5.70. The van der Waals surface area contributed by atoms with Crippen LogP contribution < -0.4 is 14.8 Å². The molecule has 4 heteroatoms. The highest BCUT2D eigenvalue weighted by Crippen LogP contribution is 2.25. The standard InChI is InChI=1S/C12H16ClNO2/c1-9(13)8-16-12-6-11(15-3)5-4-10(12)7-14-2/h4-6,14H,1,7-8H2,2-3H3. The molecular formula is C12H16ClNO2. The number of rotatable bonds is 6. The molecule has 0 aromatic heterocycles. The van der Waals surface area contributed by atoms with E-state index in [1.807, 2.05) is 25.2 Å². The van der Waals surface area contributed by atoms with E-state index in [0.29, 0.717) is 11.6 Å². The van der Waals surface area contributed by atoms with Gasteiger partial charge < -0.3 is 14.8 Å². The number of nitrogens with one attached hydrogen (secondary N) is 1. The Kier molecular flexibility index (Phi) is 5.15. The van der Waals surface area contributed by atoms with Crippen LogP contribution in [0.2, 0.25) is 0 Å². The minimum atomic E-state index is 0.297. The molecule has 0 saturated carbocycles. The molecule has 16 heavy (non-hydrogen) atoms. The fourth-order valence-electron chi connectivity index (χ4n) is 1.29. The Bertz CT molecular complexity index is 366. The van der Waals surface area contributed by atoms with Crippen LogP contribution in [-0.2, 0) is 6.54 Å².